The number of nitrogens with one attached hydrogen (secondary N) is 3. The van der Waals surface area contributed by atoms with Gasteiger partial charge in [0, 0.05) is 16.9 Å². The Morgan fingerprint density at radius 2 is 1.83 bits per heavy atom. The van der Waals surface area contributed by atoms with Crippen molar-refractivity contribution in [1.82, 2.24) is 5.43 Å². The molecule has 1 unspecified atom stereocenters. The highest BCUT2D eigenvalue weighted by molar-refractivity contribution is 8.17. The molecule has 3 N–H and O–H groups in total. The molecule has 6 nitrogen and oxygen atoms in total. The Bertz CT molecular complexity index is 837. The molecule has 2 aromatic rings. The van der Waals surface area contributed by atoms with Crippen LogP contribution in [0.3, 0.4) is 0 Å². The number of nitrogens with zero attached hydrogens (tertiary/aromatic N) is 1. The number of carbonyl (C=O) groups excluding carboxylic acids is 2. The third-order valence-corrected chi connectivity index (χ3v) is 4.94. The molecule has 0 saturated carbocycles. The Morgan fingerprint density at radius 3 is 2.65 bits per heavy atom. The lowest BCUT2D eigenvalue weighted by atomic mass is 10.1. The molecule has 0 saturated heterocycles. The predicted octanol–water partition coefficient (Wildman–Crippen LogP) is 2.08. The average Bonchev–Trinajstić information content (AvgIpc) is 3.13. The molecule has 2 heterocycles. The molecule has 7 heteroatoms. The summed E-state index contributed by atoms with van der Waals surface area (Å²) in [6, 6.07) is 16.5. The smallest absolute Gasteiger partial charge is 0.282 e. The van der Waals surface area contributed by atoms with Crippen LogP contribution in [0.25, 0.3) is 0 Å². The predicted molar refractivity (Wildman–Crippen MR) is 90.0 cm³/mol. The number of anilines is 2. The minimum absolute atomic E-state index is 0.223. The van der Waals surface area contributed by atoms with Gasteiger partial charge in [0.05, 0.1) is 0 Å². The molecule has 114 valence electrons. The highest BCUT2D eigenvalue weighted by Crippen LogP contribution is 2.46. The third kappa shape index (κ3) is 2.17. The summed E-state index contributed by atoms with van der Waals surface area (Å²) in [5.74, 6) is -0.572. The van der Waals surface area contributed by atoms with E-state index in [0.717, 1.165) is 23.0 Å². The summed E-state index contributed by atoms with van der Waals surface area (Å²) in [5, 5.41) is 9.87. The standard InChI is InChI=1S/C16H12N4O2S/c21-13(17-10-6-2-1-3-7-10)14-19-20-16(23-14)11-8-4-5-9-12(11)18-15(16)22/h1-9,20H,(H,17,21)(H,18,22). The number of hydrogen-bond acceptors (Lipinski definition) is 5. The number of fused-ring (bicyclic) bond motifs is 2. The fourth-order valence-electron chi connectivity index (χ4n) is 2.57. The lowest BCUT2D eigenvalue weighted by molar-refractivity contribution is -0.118. The molecule has 0 aliphatic carbocycles. The molecule has 4 rings (SSSR count). The zero-order valence-corrected chi connectivity index (χ0v) is 12.7. The van der Waals surface area contributed by atoms with E-state index in [9.17, 15) is 9.59 Å². The molecule has 23 heavy (non-hydrogen) atoms. The minimum atomic E-state index is -1.07. The first-order valence-corrected chi connectivity index (χ1v) is 7.82. The van der Waals surface area contributed by atoms with Crippen molar-refractivity contribution in [3.63, 3.8) is 0 Å². The van der Waals surface area contributed by atoms with Gasteiger partial charge in [-0.15, -0.1) is 0 Å². The summed E-state index contributed by atoms with van der Waals surface area (Å²) in [7, 11) is 0. The van der Waals surface area contributed by atoms with Gasteiger partial charge >= 0.3 is 0 Å². The highest BCUT2D eigenvalue weighted by Gasteiger charge is 2.52. The van der Waals surface area contributed by atoms with Crippen molar-refractivity contribution in [3.05, 3.63) is 60.2 Å². The topological polar surface area (TPSA) is 82.6 Å². The van der Waals surface area contributed by atoms with E-state index in [4.69, 9.17) is 0 Å². The van der Waals surface area contributed by atoms with Gasteiger partial charge in [0.25, 0.3) is 11.8 Å². The SMILES string of the molecule is O=C(Nc1ccccc1)C1=NNC2(S1)C(=O)Nc1ccccc12. The molecule has 1 spiro atoms. The van der Waals surface area contributed by atoms with E-state index in [1.807, 2.05) is 42.5 Å². The van der Waals surface area contributed by atoms with Gasteiger partial charge < -0.3 is 10.6 Å². The van der Waals surface area contributed by atoms with Gasteiger partial charge in [-0.3, -0.25) is 15.0 Å². The number of thioether (sulfide) groups is 1. The van der Waals surface area contributed by atoms with Crippen molar-refractivity contribution in [2.75, 3.05) is 10.6 Å². The van der Waals surface area contributed by atoms with Gasteiger partial charge in [-0.05, 0) is 18.2 Å². The van der Waals surface area contributed by atoms with Crippen molar-refractivity contribution >= 4 is 40.0 Å². The molecule has 0 bridgehead atoms. The highest BCUT2D eigenvalue weighted by atomic mass is 32.2. The average molecular weight is 324 g/mol. The van der Waals surface area contributed by atoms with E-state index >= 15 is 0 Å². The molecule has 0 aromatic heterocycles. The molecule has 2 aromatic carbocycles. The van der Waals surface area contributed by atoms with E-state index < -0.39 is 4.87 Å². The molecular formula is C16H12N4O2S. The van der Waals surface area contributed by atoms with Crippen LogP contribution in [0.15, 0.2) is 59.7 Å². The number of carbonyl (C=O) groups is 2. The van der Waals surface area contributed by atoms with Crippen molar-refractivity contribution in [3.8, 4) is 0 Å². The maximum atomic E-state index is 12.4. The van der Waals surface area contributed by atoms with Crippen molar-refractivity contribution in [2.45, 2.75) is 4.87 Å². The zero-order valence-electron chi connectivity index (χ0n) is 11.9. The summed E-state index contributed by atoms with van der Waals surface area (Å²) in [5.41, 5.74) is 5.02. The number of hydrazone groups is 1. The van der Waals surface area contributed by atoms with Gasteiger partial charge in [-0.1, -0.05) is 48.2 Å². The van der Waals surface area contributed by atoms with Crippen LogP contribution >= 0.6 is 11.8 Å². The van der Waals surface area contributed by atoms with Crippen LogP contribution in [-0.2, 0) is 14.5 Å². The number of hydrogen-bond donors (Lipinski definition) is 3. The largest absolute Gasteiger partial charge is 0.323 e. The van der Waals surface area contributed by atoms with Crippen LogP contribution in [0.5, 0.6) is 0 Å². The molecule has 2 amide bonds. The summed E-state index contributed by atoms with van der Waals surface area (Å²) in [6.45, 7) is 0. The molecular weight excluding hydrogens is 312 g/mol. The zero-order chi connectivity index (χ0) is 15.9. The van der Waals surface area contributed by atoms with Crippen LogP contribution in [-0.4, -0.2) is 16.9 Å². The fourth-order valence-corrected chi connectivity index (χ4v) is 3.62. The lowest BCUT2D eigenvalue weighted by Crippen LogP contribution is -2.39. The van der Waals surface area contributed by atoms with E-state index in [0.29, 0.717) is 5.69 Å². The first-order chi connectivity index (χ1) is 11.2. The van der Waals surface area contributed by atoms with Crippen LogP contribution in [0.1, 0.15) is 5.56 Å². The van der Waals surface area contributed by atoms with Gasteiger partial charge in [-0.2, -0.15) is 5.10 Å². The quantitative estimate of drug-likeness (QED) is 0.790. The second-order valence-corrected chi connectivity index (χ2v) is 6.34. The van der Waals surface area contributed by atoms with Crippen molar-refractivity contribution in [1.29, 1.82) is 0 Å². The lowest BCUT2D eigenvalue weighted by Gasteiger charge is -2.19. The summed E-state index contributed by atoms with van der Waals surface area (Å²) >= 11 is 1.11. The summed E-state index contributed by atoms with van der Waals surface area (Å²) in [4.78, 5) is 23.7. The van der Waals surface area contributed by atoms with Gasteiger partial charge in [0.15, 0.2) is 5.04 Å². The molecule has 2 aliphatic heterocycles. The normalized spacial score (nSPS) is 21.4. The number of amides is 2. The molecule has 1 atom stereocenters. The maximum Gasteiger partial charge on any atom is 0.282 e. The Morgan fingerprint density at radius 1 is 1.09 bits per heavy atom. The summed E-state index contributed by atoms with van der Waals surface area (Å²) in [6.07, 6.45) is 0. The molecule has 0 fully saturated rings. The van der Waals surface area contributed by atoms with Gasteiger partial charge in [0.1, 0.15) is 0 Å². The maximum absolute atomic E-state index is 12.4. The molecule has 2 aliphatic rings. The minimum Gasteiger partial charge on any atom is -0.323 e. The Kier molecular flexibility index (Phi) is 3.09. The fraction of sp³-hybridized carbons (Fsp3) is 0.0625. The van der Waals surface area contributed by atoms with Crippen molar-refractivity contribution in [2.24, 2.45) is 5.10 Å². The van der Waals surface area contributed by atoms with E-state index in [2.05, 4.69) is 21.2 Å². The van der Waals surface area contributed by atoms with E-state index in [1.54, 1.807) is 12.1 Å². The Labute approximate surface area is 136 Å². The third-order valence-electron chi connectivity index (χ3n) is 3.66. The number of rotatable bonds is 2. The van der Waals surface area contributed by atoms with Crippen LogP contribution in [0.4, 0.5) is 11.4 Å². The second kappa shape index (κ2) is 5.13. The first-order valence-electron chi connectivity index (χ1n) is 7.00. The van der Waals surface area contributed by atoms with Gasteiger partial charge in [-0.25, -0.2) is 0 Å². The van der Waals surface area contributed by atoms with Crippen LogP contribution in [0, 0.1) is 0 Å². The second-order valence-electron chi connectivity index (χ2n) is 5.13. The first kappa shape index (κ1) is 13.8. The molecule has 0 radical (unpaired) electrons. The monoisotopic (exact) mass is 324 g/mol. The van der Waals surface area contributed by atoms with Crippen LogP contribution < -0.4 is 16.1 Å². The Balaban J connectivity index is 1.57. The summed E-state index contributed by atoms with van der Waals surface area (Å²) < 4.78 is 0. The number of benzene rings is 2. The van der Waals surface area contributed by atoms with Gasteiger partial charge in [0.2, 0.25) is 4.87 Å². The number of para-hydroxylation sites is 2. The van der Waals surface area contributed by atoms with Crippen LogP contribution in [0.2, 0.25) is 0 Å². The Hall–Kier alpha value is -2.80. The van der Waals surface area contributed by atoms with E-state index in [-0.39, 0.29) is 16.9 Å². The van der Waals surface area contributed by atoms with Crippen molar-refractivity contribution < 1.29 is 9.59 Å². The van der Waals surface area contributed by atoms with E-state index in [1.165, 1.54) is 0 Å².